The van der Waals surface area contributed by atoms with Crippen molar-refractivity contribution in [3.8, 4) is 0 Å². The van der Waals surface area contributed by atoms with Crippen molar-refractivity contribution in [1.82, 2.24) is 0 Å². The predicted molar refractivity (Wildman–Crippen MR) is 102 cm³/mol. The van der Waals surface area contributed by atoms with E-state index in [4.69, 9.17) is 4.74 Å². The molecule has 138 valence electrons. The quantitative estimate of drug-likeness (QED) is 0.346. The lowest BCUT2D eigenvalue weighted by atomic mass is 10.1. The molecule has 1 heterocycles. The molecule has 2 atom stereocenters. The fourth-order valence-electron chi connectivity index (χ4n) is 2.35. The molecule has 0 saturated carbocycles. The molecule has 3 nitrogen and oxygen atoms in total. The third kappa shape index (κ3) is 13.1. The Morgan fingerprint density at radius 3 is 1.80 bits per heavy atom. The molecule has 1 rings (SSSR count). The van der Waals surface area contributed by atoms with Crippen LogP contribution in [0.25, 0.3) is 0 Å². The Hall–Kier alpha value is -1.87. The van der Waals surface area contributed by atoms with Crippen molar-refractivity contribution in [2.45, 2.75) is 70.5 Å². The van der Waals surface area contributed by atoms with Crippen LogP contribution in [0.2, 0.25) is 0 Å². The summed E-state index contributed by atoms with van der Waals surface area (Å²) < 4.78 is 5.65. The lowest BCUT2D eigenvalue weighted by Crippen LogP contribution is -2.21. The first-order chi connectivity index (χ1) is 12.2. The molecule has 1 aliphatic rings. The smallest absolute Gasteiger partial charge is 0.0879 e. The van der Waals surface area contributed by atoms with Crippen LogP contribution in [0, 0.1) is 0 Å². The molecule has 1 aliphatic heterocycles. The minimum atomic E-state index is -0.993. The van der Waals surface area contributed by atoms with E-state index in [0.717, 1.165) is 38.5 Å². The van der Waals surface area contributed by atoms with E-state index in [1.54, 1.807) is 0 Å². The van der Waals surface area contributed by atoms with Gasteiger partial charge >= 0.3 is 0 Å². The summed E-state index contributed by atoms with van der Waals surface area (Å²) in [6, 6.07) is 0. The highest BCUT2D eigenvalue weighted by Gasteiger charge is 2.35. The van der Waals surface area contributed by atoms with Crippen molar-refractivity contribution in [2.24, 2.45) is 0 Å². The summed E-state index contributed by atoms with van der Waals surface area (Å²) in [4.78, 5) is 10.2. The Kier molecular flexibility index (Phi) is 12.3. The molecule has 0 bridgehead atoms. The van der Waals surface area contributed by atoms with Crippen molar-refractivity contribution in [1.29, 1.82) is 0 Å². The number of ether oxygens (including phenoxy) is 1. The van der Waals surface area contributed by atoms with Gasteiger partial charge in [-0.05, 0) is 51.4 Å². The molecule has 0 aromatic rings. The number of allylic oxidation sites excluding steroid dienone is 8. The van der Waals surface area contributed by atoms with Crippen molar-refractivity contribution in [3.05, 3.63) is 60.8 Å². The maximum atomic E-state index is 10.2. The van der Waals surface area contributed by atoms with Gasteiger partial charge < -0.3 is 14.6 Å². The van der Waals surface area contributed by atoms with Crippen molar-refractivity contribution in [3.63, 3.8) is 0 Å². The molecule has 0 aliphatic carbocycles. The molecular formula is C22H31O3-. The first kappa shape index (κ1) is 21.2. The molecule has 0 spiro atoms. The molecule has 0 aromatic carbocycles. The van der Waals surface area contributed by atoms with Crippen LogP contribution in [-0.4, -0.2) is 18.2 Å². The molecule has 0 radical (unpaired) electrons. The second-order valence-corrected chi connectivity index (χ2v) is 6.07. The standard InChI is InChI=1S/C22H32O3/c1-2-3-4-5-11-14-17-20-21(25-20)18-15-12-9-7-6-8-10-13-16-19-22(23)24/h3-4,6-7,10-15,20-21H,2,5,8-9,16-19H2,1H3,(H,23,24)/p-1/b4-3-,7-6-,13-10-,14-11-,15-12-. The molecule has 0 amide bonds. The zero-order valence-corrected chi connectivity index (χ0v) is 15.3. The number of carbonyl (C=O) groups is 1. The molecule has 0 aromatic heterocycles. The van der Waals surface area contributed by atoms with Gasteiger partial charge in [-0.15, -0.1) is 0 Å². The second kappa shape index (κ2) is 14.5. The Morgan fingerprint density at radius 1 is 0.800 bits per heavy atom. The largest absolute Gasteiger partial charge is 0.550 e. The van der Waals surface area contributed by atoms with Gasteiger partial charge in [0.1, 0.15) is 0 Å². The van der Waals surface area contributed by atoms with Gasteiger partial charge in [-0.2, -0.15) is 0 Å². The Balaban J connectivity index is 1.96. The van der Waals surface area contributed by atoms with E-state index in [2.05, 4.69) is 55.5 Å². The SMILES string of the molecule is CC/C=C\C/C=C\CC1OC1C/C=C\C/C=C\C/C=C\CCC(=O)[O-]. The van der Waals surface area contributed by atoms with E-state index in [0.29, 0.717) is 18.6 Å². The van der Waals surface area contributed by atoms with E-state index in [9.17, 15) is 9.90 Å². The maximum absolute atomic E-state index is 10.2. The highest BCUT2D eigenvalue weighted by molar-refractivity contribution is 5.64. The van der Waals surface area contributed by atoms with Crippen LogP contribution in [0.5, 0.6) is 0 Å². The van der Waals surface area contributed by atoms with Crippen LogP contribution in [-0.2, 0) is 9.53 Å². The lowest BCUT2D eigenvalue weighted by Gasteiger charge is -1.95. The van der Waals surface area contributed by atoms with Gasteiger partial charge in [0, 0.05) is 5.97 Å². The van der Waals surface area contributed by atoms with Crippen molar-refractivity contribution >= 4 is 5.97 Å². The van der Waals surface area contributed by atoms with Gasteiger partial charge in [0.05, 0.1) is 12.2 Å². The zero-order valence-electron chi connectivity index (χ0n) is 15.3. The summed E-state index contributed by atoms with van der Waals surface area (Å²) in [5.41, 5.74) is 0. The third-order valence-corrected chi connectivity index (χ3v) is 3.83. The van der Waals surface area contributed by atoms with E-state index in [1.165, 1.54) is 0 Å². The number of aliphatic carboxylic acids is 1. The summed E-state index contributed by atoms with van der Waals surface area (Å²) in [5.74, 6) is -0.993. The number of hydrogen-bond acceptors (Lipinski definition) is 3. The summed E-state index contributed by atoms with van der Waals surface area (Å²) in [6.07, 6.45) is 28.6. The van der Waals surface area contributed by atoms with Crippen LogP contribution in [0.3, 0.4) is 0 Å². The summed E-state index contributed by atoms with van der Waals surface area (Å²) in [6.45, 7) is 2.15. The summed E-state index contributed by atoms with van der Waals surface area (Å²) in [7, 11) is 0. The lowest BCUT2D eigenvalue weighted by molar-refractivity contribution is -0.305. The highest BCUT2D eigenvalue weighted by atomic mass is 16.6. The van der Waals surface area contributed by atoms with Gasteiger partial charge in [-0.1, -0.05) is 67.7 Å². The first-order valence-corrected chi connectivity index (χ1v) is 9.34. The third-order valence-electron chi connectivity index (χ3n) is 3.83. The molecule has 0 N–H and O–H groups in total. The molecule has 3 heteroatoms. The fraction of sp³-hybridized carbons (Fsp3) is 0.500. The normalized spacial score (nSPS) is 20.8. The highest BCUT2D eigenvalue weighted by Crippen LogP contribution is 2.29. The van der Waals surface area contributed by atoms with Crippen LogP contribution in [0.1, 0.15) is 58.3 Å². The van der Waals surface area contributed by atoms with Crippen molar-refractivity contribution < 1.29 is 14.6 Å². The topological polar surface area (TPSA) is 52.7 Å². The van der Waals surface area contributed by atoms with E-state index in [1.807, 2.05) is 12.2 Å². The number of hydrogen-bond donors (Lipinski definition) is 0. The minimum Gasteiger partial charge on any atom is -0.550 e. The molecule has 2 unspecified atom stereocenters. The van der Waals surface area contributed by atoms with Gasteiger partial charge in [-0.3, -0.25) is 0 Å². The molecule has 1 saturated heterocycles. The predicted octanol–water partition coefficient (Wildman–Crippen LogP) is 4.43. The number of rotatable bonds is 14. The zero-order chi connectivity index (χ0) is 18.2. The van der Waals surface area contributed by atoms with Gasteiger partial charge in [0.25, 0.3) is 0 Å². The van der Waals surface area contributed by atoms with Crippen LogP contribution in [0.4, 0.5) is 0 Å². The summed E-state index contributed by atoms with van der Waals surface area (Å²) in [5, 5.41) is 10.2. The van der Waals surface area contributed by atoms with E-state index in [-0.39, 0.29) is 6.42 Å². The minimum absolute atomic E-state index is 0.0961. The number of epoxide rings is 1. The monoisotopic (exact) mass is 343 g/mol. The average Bonchev–Trinajstić information content (AvgIpc) is 3.34. The summed E-state index contributed by atoms with van der Waals surface area (Å²) >= 11 is 0. The Morgan fingerprint density at radius 2 is 1.28 bits per heavy atom. The Labute approximate surface area is 152 Å². The first-order valence-electron chi connectivity index (χ1n) is 9.34. The van der Waals surface area contributed by atoms with Crippen molar-refractivity contribution in [2.75, 3.05) is 0 Å². The van der Waals surface area contributed by atoms with E-state index < -0.39 is 5.97 Å². The van der Waals surface area contributed by atoms with Gasteiger partial charge in [-0.25, -0.2) is 0 Å². The van der Waals surface area contributed by atoms with Crippen LogP contribution >= 0.6 is 0 Å². The fourth-order valence-corrected chi connectivity index (χ4v) is 2.35. The Bertz CT molecular complexity index is 497. The van der Waals surface area contributed by atoms with Gasteiger partial charge in [0.2, 0.25) is 0 Å². The van der Waals surface area contributed by atoms with Crippen LogP contribution < -0.4 is 5.11 Å². The molecular weight excluding hydrogens is 312 g/mol. The number of carbonyl (C=O) groups excluding carboxylic acids is 1. The number of carboxylic acids is 1. The van der Waals surface area contributed by atoms with Gasteiger partial charge in [0.15, 0.2) is 0 Å². The maximum Gasteiger partial charge on any atom is 0.0879 e. The number of carboxylic acid groups (broad SMARTS) is 1. The molecule has 25 heavy (non-hydrogen) atoms. The second-order valence-electron chi connectivity index (χ2n) is 6.07. The average molecular weight is 343 g/mol. The van der Waals surface area contributed by atoms with E-state index >= 15 is 0 Å². The van der Waals surface area contributed by atoms with Crippen LogP contribution in [0.15, 0.2) is 60.8 Å². The molecule has 1 fully saturated rings.